The van der Waals surface area contributed by atoms with Crippen LogP contribution in [-0.2, 0) is 4.79 Å². The van der Waals surface area contributed by atoms with Gasteiger partial charge in [-0.3, -0.25) is 4.79 Å². The molecule has 4 heteroatoms. The van der Waals surface area contributed by atoms with E-state index in [0.717, 1.165) is 19.6 Å². The van der Waals surface area contributed by atoms with Crippen molar-refractivity contribution in [3.63, 3.8) is 0 Å². The third-order valence-electron chi connectivity index (χ3n) is 3.66. The summed E-state index contributed by atoms with van der Waals surface area (Å²) in [5.41, 5.74) is 0. The summed E-state index contributed by atoms with van der Waals surface area (Å²) in [5.74, 6) is 0.882. The topological polar surface area (TPSA) is 35.6 Å². The minimum absolute atomic E-state index is 0.0628. The zero-order chi connectivity index (χ0) is 12.8. The number of rotatable bonds is 5. The summed E-state index contributed by atoms with van der Waals surface area (Å²) < 4.78 is 0. The van der Waals surface area contributed by atoms with Crippen LogP contribution in [0.4, 0.5) is 0 Å². The van der Waals surface area contributed by atoms with Crippen molar-refractivity contribution in [2.45, 2.75) is 32.7 Å². The quantitative estimate of drug-likeness (QED) is 0.773. The fourth-order valence-corrected chi connectivity index (χ4v) is 2.36. The van der Waals surface area contributed by atoms with Gasteiger partial charge < -0.3 is 15.1 Å². The molecule has 0 aliphatic carbocycles. The molecular formula is C13H27N3O. The predicted octanol–water partition coefficient (Wildman–Crippen LogP) is 0.785. The van der Waals surface area contributed by atoms with Gasteiger partial charge in [-0.1, -0.05) is 0 Å². The lowest BCUT2D eigenvalue weighted by Crippen LogP contribution is -2.46. The fraction of sp³-hybridized carbons (Fsp3) is 0.923. The van der Waals surface area contributed by atoms with Crippen LogP contribution in [0.15, 0.2) is 0 Å². The number of carbonyl (C=O) groups excluding carboxylic acids is 1. The van der Waals surface area contributed by atoms with E-state index in [-0.39, 0.29) is 11.9 Å². The number of nitrogens with zero attached hydrogens (tertiary/aromatic N) is 2. The molecule has 0 aromatic carbocycles. The maximum atomic E-state index is 11.9. The van der Waals surface area contributed by atoms with Crippen LogP contribution in [0.1, 0.15) is 26.7 Å². The third-order valence-corrected chi connectivity index (χ3v) is 3.66. The molecule has 0 aromatic heterocycles. The molecule has 1 aliphatic rings. The second-order valence-corrected chi connectivity index (χ2v) is 5.25. The number of hydrogen-bond donors (Lipinski definition) is 1. The van der Waals surface area contributed by atoms with Crippen molar-refractivity contribution in [3.8, 4) is 0 Å². The SMILES string of the molecule is CCN(C)C(=O)C(C)NCC1CCCN(C)C1. The Morgan fingerprint density at radius 2 is 2.29 bits per heavy atom. The van der Waals surface area contributed by atoms with Gasteiger partial charge in [0.1, 0.15) is 0 Å². The van der Waals surface area contributed by atoms with E-state index in [0.29, 0.717) is 5.92 Å². The van der Waals surface area contributed by atoms with Gasteiger partial charge in [-0.2, -0.15) is 0 Å². The lowest BCUT2D eigenvalue weighted by atomic mass is 9.98. The van der Waals surface area contributed by atoms with Crippen LogP contribution in [0.2, 0.25) is 0 Å². The second kappa shape index (κ2) is 6.97. The summed E-state index contributed by atoms with van der Waals surface area (Å²) in [5, 5.41) is 3.37. The van der Waals surface area contributed by atoms with Crippen LogP contribution in [0, 0.1) is 5.92 Å². The molecular weight excluding hydrogens is 214 g/mol. The molecule has 1 fully saturated rings. The molecule has 1 heterocycles. The Labute approximate surface area is 105 Å². The van der Waals surface area contributed by atoms with E-state index in [2.05, 4.69) is 17.3 Å². The maximum absolute atomic E-state index is 11.9. The van der Waals surface area contributed by atoms with E-state index >= 15 is 0 Å². The number of carbonyl (C=O) groups is 1. The van der Waals surface area contributed by atoms with Crippen molar-refractivity contribution < 1.29 is 4.79 Å². The Bertz CT molecular complexity index is 245. The second-order valence-electron chi connectivity index (χ2n) is 5.25. The van der Waals surface area contributed by atoms with Crippen LogP contribution < -0.4 is 5.32 Å². The maximum Gasteiger partial charge on any atom is 0.239 e. The summed E-state index contributed by atoms with van der Waals surface area (Å²) in [6.45, 7) is 8.05. The van der Waals surface area contributed by atoms with Crippen molar-refractivity contribution in [3.05, 3.63) is 0 Å². The van der Waals surface area contributed by atoms with Crippen LogP contribution >= 0.6 is 0 Å². The highest BCUT2D eigenvalue weighted by Gasteiger charge is 2.20. The Morgan fingerprint density at radius 1 is 1.59 bits per heavy atom. The van der Waals surface area contributed by atoms with Gasteiger partial charge in [0.2, 0.25) is 5.91 Å². The average molecular weight is 241 g/mol. The minimum atomic E-state index is -0.0628. The van der Waals surface area contributed by atoms with Crippen molar-refractivity contribution in [2.75, 3.05) is 40.3 Å². The van der Waals surface area contributed by atoms with Gasteiger partial charge in [0, 0.05) is 20.1 Å². The first kappa shape index (κ1) is 14.5. The largest absolute Gasteiger partial charge is 0.345 e. The van der Waals surface area contributed by atoms with Gasteiger partial charge in [-0.05, 0) is 52.7 Å². The van der Waals surface area contributed by atoms with Gasteiger partial charge in [0.15, 0.2) is 0 Å². The predicted molar refractivity (Wildman–Crippen MR) is 71.0 cm³/mol. The van der Waals surface area contributed by atoms with E-state index in [4.69, 9.17) is 0 Å². The van der Waals surface area contributed by atoms with Crippen LogP contribution in [0.25, 0.3) is 0 Å². The summed E-state index contributed by atoms with van der Waals surface area (Å²) in [7, 11) is 4.03. The smallest absolute Gasteiger partial charge is 0.239 e. The summed E-state index contributed by atoms with van der Waals surface area (Å²) in [6, 6.07) is -0.0628. The highest BCUT2D eigenvalue weighted by molar-refractivity contribution is 5.81. The van der Waals surface area contributed by atoms with Crippen molar-refractivity contribution in [1.29, 1.82) is 0 Å². The Balaban J connectivity index is 2.27. The highest BCUT2D eigenvalue weighted by atomic mass is 16.2. The first-order chi connectivity index (χ1) is 8.04. The number of likely N-dealkylation sites (tertiary alicyclic amines) is 1. The van der Waals surface area contributed by atoms with E-state index in [9.17, 15) is 4.79 Å². The molecule has 0 saturated carbocycles. The van der Waals surface area contributed by atoms with E-state index < -0.39 is 0 Å². The molecule has 1 N–H and O–H groups in total. The van der Waals surface area contributed by atoms with Crippen LogP contribution in [0.5, 0.6) is 0 Å². The van der Waals surface area contributed by atoms with Crippen molar-refractivity contribution in [1.82, 2.24) is 15.1 Å². The Kier molecular flexibility index (Phi) is 5.92. The molecule has 100 valence electrons. The first-order valence-corrected chi connectivity index (χ1v) is 6.71. The molecule has 0 radical (unpaired) electrons. The number of amides is 1. The van der Waals surface area contributed by atoms with Gasteiger partial charge in [-0.15, -0.1) is 0 Å². The average Bonchev–Trinajstić information content (AvgIpc) is 2.34. The third kappa shape index (κ3) is 4.64. The molecule has 2 unspecified atom stereocenters. The number of hydrogen-bond acceptors (Lipinski definition) is 3. The molecule has 0 spiro atoms. The van der Waals surface area contributed by atoms with Crippen molar-refractivity contribution in [2.24, 2.45) is 5.92 Å². The fourth-order valence-electron chi connectivity index (χ4n) is 2.36. The lowest BCUT2D eigenvalue weighted by molar-refractivity contribution is -0.131. The van der Waals surface area contributed by atoms with Crippen molar-refractivity contribution >= 4 is 5.91 Å². The van der Waals surface area contributed by atoms with E-state index in [1.807, 2.05) is 20.9 Å². The molecule has 1 amide bonds. The molecule has 1 saturated heterocycles. The monoisotopic (exact) mass is 241 g/mol. The molecule has 1 rings (SSSR count). The normalized spacial score (nSPS) is 23.4. The van der Waals surface area contributed by atoms with Gasteiger partial charge >= 0.3 is 0 Å². The lowest BCUT2D eigenvalue weighted by Gasteiger charge is -2.31. The highest BCUT2D eigenvalue weighted by Crippen LogP contribution is 2.14. The molecule has 0 bridgehead atoms. The zero-order valence-corrected chi connectivity index (χ0v) is 11.7. The molecule has 2 atom stereocenters. The van der Waals surface area contributed by atoms with Crippen LogP contribution in [-0.4, -0.2) is 62.0 Å². The van der Waals surface area contributed by atoms with E-state index in [1.165, 1.54) is 19.4 Å². The van der Waals surface area contributed by atoms with E-state index in [1.54, 1.807) is 4.90 Å². The summed E-state index contributed by atoms with van der Waals surface area (Å²) in [4.78, 5) is 16.0. The minimum Gasteiger partial charge on any atom is -0.345 e. The molecule has 1 aliphatic heterocycles. The first-order valence-electron chi connectivity index (χ1n) is 6.71. The Hall–Kier alpha value is -0.610. The summed E-state index contributed by atoms with van der Waals surface area (Å²) >= 11 is 0. The van der Waals surface area contributed by atoms with Crippen LogP contribution in [0.3, 0.4) is 0 Å². The summed E-state index contributed by atoms with van der Waals surface area (Å²) in [6.07, 6.45) is 2.56. The zero-order valence-electron chi connectivity index (χ0n) is 11.7. The molecule has 17 heavy (non-hydrogen) atoms. The van der Waals surface area contributed by atoms with Gasteiger partial charge in [-0.25, -0.2) is 0 Å². The number of piperidine rings is 1. The van der Waals surface area contributed by atoms with Gasteiger partial charge in [0.05, 0.1) is 6.04 Å². The molecule has 0 aromatic rings. The molecule has 4 nitrogen and oxygen atoms in total. The van der Waals surface area contributed by atoms with Gasteiger partial charge in [0.25, 0.3) is 0 Å². The standard InChI is InChI=1S/C13H27N3O/c1-5-16(4)13(17)11(2)14-9-12-7-6-8-15(3)10-12/h11-12,14H,5-10H2,1-4H3. The Morgan fingerprint density at radius 3 is 2.88 bits per heavy atom. The number of nitrogens with one attached hydrogen (secondary N) is 1. The number of likely N-dealkylation sites (N-methyl/N-ethyl adjacent to an activating group) is 1.